The second-order valence-electron chi connectivity index (χ2n) is 8.06. The molecule has 3 nitrogen and oxygen atoms in total. The van der Waals surface area contributed by atoms with E-state index in [0.717, 1.165) is 31.0 Å². The summed E-state index contributed by atoms with van der Waals surface area (Å²) in [5, 5.41) is 3.13. The molecule has 0 aliphatic carbocycles. The van der Waals surface area contributed by atoms with Gasteiger partial charge in [0, 0.05) is 25.2 Å². The molecule has 3 heteroatoms. The molecule has 0 spiro atoms. The maximum atomic E-state index is 12.3. The van der Waals surface area contributed by atoms with Crippen LogP contribution in [-0.4, -0.2) is 19.0 Å². The molecule has 2 aromatic rings. The highest BCUT2D eigenvalue weighted by Gasteiger charge is 2.17. The SMILES string of the molecule is Cc1ccc(CCC(=O)NC(C)c2ccc(N3CCCC(C)C3)cc2)cc1. The first-order valence-electron chi connectivity index (χ1n) is 10.2. The minimum Gasteiger partial charge on any atom is -0.371 e. The molecule has 1 amide bonds. The molecule has 3 rings (SSSR count). The second kappa shape index (κ2) is 9.07. The van der Waals surface area contributed by atoms with Crippen molar-refractivity contribution in [1.82, 2.24) is 5.32 Å². The molecule has 1 heterocycles. The maximum absolute atomic E-state index is 12.3. The molecule has 1 aliphatic rings. The van der Waals surface area contributed by atoms with Crippen LogP contribution in [0.5, 0.6) is 0 Å². The molecule has 1 fully saturated rings. The zero-order valence-electron chi connectivity index (χ0n) is 16.9. The molecule has 0 radical (unpaired) electrons. The van der Waals surface area contributed by atoms with Crippen LogP contribution in [0.15, 0.2) is 48.5 Å². The summed E-state index contributed by atoms with van der Waals surface area (Å²) >= 11 is 0. The topological polar surface area (TPSA) is 32.3 Å². The summed E-state index contributed by atoms with van der Waals surface area (Å²) in [7, 11) is 0. The predicted molar refractivity (Wildman–Crippen MR) is 113 cm³/mol. The third kappa shape index (κ3) is 5.59. The van der Waals surface area contributed by atoms with Crippen LogP contribution in [-0.2, 0) is 11.2 Å². The van der Waals surface area contributed by atoms with Crippen molar-refractivity contribution in [3.8, 4) is 0 Å². The van der Waals surface area contributed by atoms with E-state index in [9.17, 15) is 4.79 Å². The molecule has 2 atom stereocenters. The monoisotopic (exact) mass is 364 g/mol. The van der Waals surface area contributed by atoms with E-state index in [4.69, 9.17) is 0 Å². The molecule has 0 bridgehead atoms. The lowest BCUT2D eigenvalue weighted by Gasteiger charge is -2.33. The number of anilines is 1. The molecular weight excluding hydrogens is 332 g/mol. The van der Waals surface area contributed by atoms with Crippen molar-refractivity contribution in [3.05, 3.63) is 65.2 Å². The molecular formula is C24H32N2O. The van der Waals surface area contributed by atoms with Crippen LogP contribution in [0, 0.1) is 12.8 Å². The molecule has 0 aromatic heterocycles. The van der Waals surface area contributed by atoms with Gasteiger partial charge in [-0.05, 0) is 62.3 Å². The van der Waals surface area contributed by atoms with E-state index in [1.165, 1.54) is 29.7 Å². The standard InChI is InChI=1S/C24H32N2O/c1-18-6-8-21(9-7-18)10-15-24(27)25-20(3)22-11-13-23(14-12-22)26-16-4-5-19(2)17-26/h6-9,11-14,19-20H,4-5,10,15-17H2,1-3H3,(H,25,27). The van der Waals surface area contributed by atoms with Gasteiger partial charge in [0.05, 0.1) is 6.04 Å². The Bertz CT molecular complexity index is 736. The fraction of sp³-hybridized carbons (Fsp3) is 0.458. The summed E-state index contributed by atoms with van der Waals surface area (Å²) in [4.78, 5) is 14.8. The lowest BCUT2D eigenvalue weighted by Crippen LogP contribution is -2.34. The molecule has 2 aromatic carbocycles. The summed E-state index contributed by atoms with van der Waals surface area (Å²) in [6.07, 6.45) is 3.92. The van der Waals surface area contributed by atoms with Gasteiger partial charge in [-0.3, -0.25) is 4.79 Å². The van der Waals surface area contributed by atoms with E-state index >= 15 is 0 Å². The summed E-state index contributed by atoms with van der Waals surface area (Å²) in [5.74, 6) is 0.877. The first kappa shape index (κ1) is 19.5. The van der Waals surface area contributed by atoms with Crippen molar-refractivity contribution in [2.24, 2.45) is 5.92 Å². The number of piperidine rings is 1. The van der Waals surface area contributed by atoms with Gasteiger partial charge >= 0.3 is 0 Å². The van der Waals surface area contributed by atoms with Crippen molar-refractivity contribution >= 4 is 11.6 Å². The molecule has 1 saturated heterocycles. The highest BCUT2D eigenvalue weighted by molar-refractivity contribution is 5.76. The van der Waals surface area contributed by atoms with Gasteiger partial charge in [-0.25, -0.2) is 0 Å². The first-order chi connectivity index (χ1) is 13.0. The number of benzene rings is 2. The summed E-state index contributed by atoms with van der Waals surface area (Å²) in [6, 6.07) is 17.1. The average Bonchev–Trinajstić information content (AvgIpc) is 2.67. The third-order valence-electron chi connectivity index (χ3n) is 5.55. The van der Waals surface area contributed by atoms with Gasteiger partial charge in [0.1, 0.15) is 0 Å². The van der Waals surface area contributed by atoms with Gasteiger partial charge in [-0.2, -0.15) is 0 Å². The van der Waals surface area contributed by atoms with Crippen LogP contribution in [0.25, 0.3) is 0 Å². The molecule has 27 heavy (non-hydrogen) atoms. The number of carbonyl (C=O) groups is 1. The van der Waals surface area contributed by atoms with Gasteiger partial charge in [-0.1, -0.05) is 48.9 Å². The van der Waals surface area contributed by atoms with Crippen molar-refractivity contribution < 1.29 is 4.79 Å². The smallest absolute Gasteiger partial charge is 0.220 e. The lowest BCUT2D eigenvalue weighted by atomic mass is 9.99. The average molecular weight is 365 g/mol. The molecule has 1 aliphatic heterocycles. The fourth-order valence-electron chi connectivity index (χ4n) is 3.81. The first-order valence-corrected chi connectivity index (χ1v) is 10.2. The van der Waals surface area contributed by atoms with E-state index in [-0.39, 0.29) is 11.9 Å². The lowest BCUT2D eigenvalue weighted by molar-refractivity contribution is -0.121. The second-order valence-corrected chi connectivity index (χ2v) is 8.06. The minimum absolute atomic E-state index is 0.0323. The largest absolute Gasteiger partial charge is 0.371 e. The van der Waals surface area contributed by atoms with Crippen LogP contribution >= 0.6 is 0 Å². The maximum Gasteiger partial charge on any atom is 0.220 e. The third-order valence-corrected chi connectivity index (χ3v) is 5.55. The molecule has 0 saturated carbocycles. The Morgan fingerprint density at radius 1 is 1.15 bits per heavy atom. The fourth-order valence-corrected chi connectivity index (χ4v) is 3.81. The van der Waals surface area contributed by atoms with E-state index in [2.05, 4.69) is 79.5 Å². The van der Waals surface area contributed by atoms with Crippen molar-refractivity contribution in [2.45, 2.75) is 52.5 Å². The number of nitrogens with one attached hydrogen (secondary N) is 1. The van der Waals surface area contributed by atoms with Gasteiger partial charge in [0.25, 0.3) is 0 Å². The van der Waals surface area contributed by atoms with Crippen molar-refractivity contribution in [1.29, 1.82) is 0 Å². The van der Waals surface area contributed by atoms with Gasteiger partial charge in [0.2, 0.25) is 5.91 Å². The Labute approximate surface area is 163 Å². The van der Waals surface area contributed by atoms with Gasteiger partial charge < -0.3 is 10.2 Å². The summed E-state index contributed by atoms with van der Waals surface area (Å²) in [5.41, 5.74) is 4.92. The Hall–Kier alpha value is -2.29. The highest BCUT2D eigenvalue weighted by Crippen LogP contribution is 2.24. The van der Waals surface area contributed by atoms with Crippen LogP contribution in [0.3, 0.4) is 0 Å². The predicted octanol–water partition coefficient (Wildman–Crippen LogP) is 5.04. The van der Waals surface area contributed by atoms with E-state index in [0.29, 0.717) is 6.42 Å². The van der Waals surface area contributed by atoms with Crippen LogP contribution < -0.4 is 10.2 Å². The quantitative estimate of drug-likeness (QED) is 0.779. The Morgan fingerprint density at radius 2 is 1.85 bits per heavy atom. The number of carbonyl (C=O) groups excluding carboxylic acids is 1. The molecule has 144 valence electrons. The number of nitrogens with zero attached hydrogens (tertiary/aromatic N) is 1. The van der Waals surface area contributed by atoms with Crippen LogP contribution in [0.4, 0.5) is 5.69 Å². The number of amides is 1. The molecule has 1 N–H and O–H groups in total. The highest BCUT2D eigenvalue weighted by atomic mass is 16.1. The molecule has 2 unspecified atom stereocenters. The van der Waals surface area contributed by atoms with Crippen molar-refractivity contribution in [2.75, 3.05) is 18.0 Å². The Kier molecular flexibility index (Phi) is 6.54. The van der Waals surface area contributed by atoms with Gasteiger partial charge in [-0.15, -0.1) is 0 Å². The number of hydrogen-bond donors (Lipinski definition) is 1. The number of hydrogen-bond acceptors (Lipinski definition) is 2. The van der Waals surface area contributed by atoms with E-state index in [1.54, 1.807) is 0 Å². The number of aryl methyl sites for hydroxylation is 2. The minimum atomic E-state index is 0.0323. The Balaban J connectivity index is 1.50. The Morgan fingerprint density at radius 3 is 2.52 bits per heavy atom. The zero-order chi connectivity index (χ0) is 19.2. The van der Waals surface area contributed by atoms with Crippen LogP contribution in [0.1, 0.15) is 55.8 Å². The number of rotatable bonds is 6. The van der Waals surface area contributed by atoms with E-state index in [1.807, 2.05) is 0 Å². The van der Waals surface area contributed by atoms with Crippen molar-refractivity contribution in [3.63, 3.8) is 0 Å². The summed E-state index contributed by atoms with van der Waals surface area (Å²) in [6.45, 7) is 8.76. The van der Waals surface area contributed by atoms with Crippen LogP contribution in [0.2, 0.25) is 0 Å². The van der Waals surface area contributed by atoms with E-state index < -0.39 is 0 Å². The normalized spacial score (nSPS) is 18.2. The summed E-state index contributed by atoms with van der Waals surface area (Å²) < 4.78 is 0. The van der Waals surface area contributed by atoms with Gasteiger partial charge in [0.15, 0.2) is 0 Å². The zero-order valence-corrected chi connectivity index (χ0v) is 16.9.